The first-order valence-electron chi connectivity index (χ1n) is 5.88. The number of anilines is 1. The van der Waals surface area contributed by atoms with Gasteiger partial charge in [0.05, 0.1) is 22.7 Å². The molecule has 4 nitrogen and oxygen atoms in total. The molecule has 1 heterocycles. The van der Waals surface area contributed by atoms with Crippen molar-refractivity contribution >= 4 is 23.3 Å². The summed E-state index contributed by atoms with van der Waals surface area (Å²) in [5.41, 5.74) is 1.04. The fraction of sp³-hybridized carbons (Fsp3) is 0.462. The number of carbonyl (C=O) groups is 1. The highest BCUT2D eigenvalue weighted by molar-refractivity contribution is 6.33. The van der Waals surface area contributed by atoms with Gasteiger partial charge in [0.2, 0.25) is 0 Å². The molecule has 0 radical (unpaired) electrons. The molecule has 1 fully saturated rings. The summed E-state index contributed by atoms with van der Waals surface area (Å²) in [6.45, 7) is 2.80. The second-order valence-corrected chi connectivity index (χ2v) is 4.92. The molecule has 2 unspecified atom stereocenters. The quantitative estimate of drug-likeness (QED) is 0.917. The highest BCUT2D eigenvalue weighted by Crippen LogP contribution is 2.28. The Labute approximate surface area is 111 Å². The second-order valence-electron chi connectivity index (χ2n) is 4.51. The molecule has 1 aliphatic heterocycles. The Balaban J connectivity index is 2.23. The molecule has 0 spiro atoms. The predicted octanol–water partition coefficient (Wildman–Crippen LogP) is 2.65. The number of nitrogens with zero attached hydrogens (tertiary/aromatic N) is 1. The average molecular weight is 270 g/mol. The minimum atomic E-state index is -1.01. The van der Waals surface area contributed by atoms with Crippen molar-refractivity contribution in [2.45, 2.75) is 25.5 Å². The van der Waals surface area contributed by atoms with E-state index in [9.17, 15) is 4.79 Å². The van der Waals surface area contributed by atoms with Crippen LogP contribution in [-0.2, 0) is 4.74 Å². The van der Waals surface area contributed by atoms with Crippen LogP contribution in [0.15, 0.2) is 18.2 Å². The normalized spacial score (nSPS) is 23.1. The Bertz CT molecular complexity index is 464. The minimum absolute atomic E-state index is 0.129. The topological polar surface area (TPSA) is 49.8 Å². The highest BCUT2D eigenvalue weighted by Gasteiger charge is 2.28. The summed E-state index contributed by atoms with van der Waals surface area (Å²) in [4.78, 5) is 13.0. The molecular formula is C13H16ClNO3. The van der Waals surface area contributed by atoms with Gasteiger partial charge in [-0.3, -0.25) is 0 Å². The number of likely N-dealkylation sites (N-methyl/N-ethyl adjacent to an activating group) is 1. The van der Waals surface area contributed by atoms with Crippen LogP contribution in [-0.4, -0.2) is 36.9 Å². The molecule has 0 amide bonds. The lowest BCUT2D eigenvalue weighted by Crippen LogP contribution is -2.36. The zero-order valence-electron chi connectivity index (χ0n) is 10.4. The number of benzene rings is 1. The molecule has 1 aromatic carbocycles. The maximum atomic E-state index is 10.9. The van der Waals surface area contributed by atoms with Crippen LogP contribution in [0, 0.1) is 0 Å². The Morgan fingerprint density at radius 2 is 2.28 bits per heavy atom. The maximum absolute atomic E-state index is 10.9. The van der Waals surface area contributed by atoms with Crippen molar-refractivity contribution in [3.05, 3.63) is 28.8 Å². The van der Waals surface area contributed by atoms with E-state index in [1.165, 1.54) is 6.07 Å². The van der Waals surface area contributed by atoms with Crippen LogP contribution >= 0.6 is 11.6 Å². The van der Waals surface area contributed by atoms with Gasteiger partial charge in [-0.2, -0.15) is 0 Å². The molecule has 0 aromatic heterocycles. The SMILES string of the molecule is CC1OCCC1N(C)c1ccc(C(=O)O)c(Cl)c1. The van der Waals surface area contributed by atoms with Crippen LogP contribution in [0.2, 0.25) is 5.02 Å². The first-order valence-corrected chi connectivity index (χ1v) is 6.26. The number of ether oxygens (including phenoxy) is 1. The molecule has 1 N–H and O–H groups in total. The summed E-state index contributed by atoms with van der Waals surface area (Å²) in [7, 11) is 1.97. The zero-order valence-corrected chi connectivity index (χ0v) is 11.1. The van der Waals surface area contributed by atoms with Gasteiger partial charge in [-0.15, -0.1) is 0 Å². The van der Waals surface area contributed by atoms with Gasteiger partial charge in [0.25, 0.3) is 0 Å². The van der Waals surface area contributed by atoms with E-state index in [-0.39, 0.29) is 16.7 Å². The van der Waals surface area contributed by atoms with E-state index >= 15 is 0 Å². The molecular weight excluding hydrogens is 254 g/mol. The fourth-order valence-electron chi connectivity index (χ4n) is 2.32. The summed E-state index contributed by atoms with van der Waals surface area (Å²) >= 11 is 5.97. The van der Waals surface area contributed by atoms with Crippen LogP contribution in [0.5, 0.6) is 0 Å². The molecule has 2 rings (SSSR count). The van der Waals surface area contributed by atoms with Gasteiger partial charge < -0.3 is 14.7 Å². The van der Waals surface area contributed by atoms with Gasteiger partial charge in [0, 0.05) is 19.3 Å². The van der Waals surface area contributed by atoms with E-state index in [4.69, 9.17) is 21.4 Å². The number of aromatic carboxylic acids is 1. The highest BCUT2D eigenvalue weighted by atomic mass is 35.5. The molecule has 5 heteroatoms. The summed E-state index contributed by atoms with van der Waals surface area (Å²) in [6, 6.07) is 5.31. The van der Waals surface area contributed by atoms with Gasteiger partial charge in [-0.05, 0) is 31.5 Å². The Kier molecular flexibility index (Phi) is 3.78. The number of carboxylic acids is 1. The summed E-state index contributed by atoms with van der Waals surface area (Å²) in [6.07, 6.45) is 1.14. The maximum Gasteiger partial charge on any atom is 0.337 e. The molecule has 1 aromatic rings. The van der Waals surface area contributed by atoms with E-state index in [0.717, 1.165) is 18.7 Å². The third-order valence-electron chi connectivity index (χ3n) is 3.42. The first-order chi connectivity index (χ1) is 8.50. The zero-order chi connectivity index (χ0) is 13.3. The van der Waals surface area contributed by atoms with Crippen LogP contribution in [0.3, 0.4) is 0 Å². The summed E-state index contributed by atoms with van der Waals surface area (Å²) < 4.78 is 5.53. The van der Waals surface area contributed by atoms with Crippen molar-refractivity contribution in [3.8, 4) is 0 Å². The van der Waals surface area contributed by atoms with Gasteiger partial charge in [-0.1, -0.05) is 11.6 Å². The Morgan fingerprint density at radius 1 is 1.56 bits per heavy atom. The van der Waals surface area contributed by atoms with Crippen LogP contribution in [0.4, 0.5) is 5.69 Å². The van der Waals surface area contributed by atoms with Gasteiger partial charge in [0.1, 0.15) is 0 Å². The standard InChI is InChI=1S/C13H16ClNO3/c1-8-12(5-6-18-8)15(2)9-3-4-10(13(16)17)11(14)7-9/h3-4,7-8,12H,5-6H2,1-2H3,(H,16,17). The van der Waals surface area contributed by atoms with Crippen LogP contribution in [0.1, 0.15) is 23.7 Å². The second kappa shape index (κ2) is 5.16. The lowest BCUT2D eigenvalue weighted by molar-refractivity contribution is 0.0697. The number of carboxylic acid groups (broad SMARTS) is 1. The Morgan fingerprint density at radius 3 is 2.78 bits per heavy atom. The van der Waals surface area contributed by atoms with E-state index < -0.39 is 5.97 Å². The fourth-order valence-corrected chi connectivity index (χ4v) is 2.57. The van der Waals surface area contributed by atoms with Gasteiger partial charge >= 0.3 is 5.97 Å². The van der Waals surface area contributed by atoms with Crippen molar-refractivity contribution in [2.24, 2.45) is 0 Å². The number of hydrogen-bond donors (Lipinski definition) is 1. The summed E-state index contributed by atoms with van der Waals surface area (Å²) in [5.74, 6) is -1.01. The minimum Gasteiger partial charge on any atom is -0.478 e. The third-order valence-corrected chi connectivity index (χ3v) is 3.74. The molecule has 0 aliphatic carbocycles. The summed E-state index contributed by atoms with van der Waals surface area (Å²) in [5, 5.41) is 9.19. The van der Waals surface area contributed by atoms with Crippen molar-refractivity contribution in [1.82, 2.24) is 0 Å². The number of hydrogen-bond acceptors (Lipinski definition) is 3. The van der Waals surface area contributed by atoms with E-state index in [1.807, 2.05) is 14.0 Å². The number of halogens is 1. The van der Waals surface area contributed by atoms with Crippen molar-refractivity contribution in [1.29, 1.82) is 0 Å². The van der Waals surface area contributed by atoms with E-state index in [0.29, 0.717) is 6.04 Å². The third kappa shape index (κ3) is 2.44. The molecule has 2 atom stereocenters. The molecule has 1 saturated heterocycles. The smallest absolute Gasteiger partial charge is 0.337 e. The molecule has 18 heavy (non-hydrogen) atoms. The van der Waals surface area contributed by atoms with Crippen molar-refractivity contribution in [3.63, 3.8) is 0 Å². The molecule has 98 valence electrons. The lowest BCUT2D eigenvalue weighted by atomic mass is 10.1. The van der Waals surface area contributed by atoms with Crippen LogP contribution < -0.4 is 4.90 Å². The number of rotatable bonds is 3. The van der Waals surface area contributed by atoms with E-state index in [2.05, 4.69) is 4.90 Å². The van der Waals surface area contributed by atoms with Crippen molar-refractivity contribution in [2.75, 3.05) is 18.6 Å². The Hall–Kier alpha value is -1.26. The molecule has 0 bridgehead atoms. The van der Waals surface area contributed by atoms with Crippen LogP contribution in [0.25, 0.3) is 0 Å². The van der Waals surface area contributed by atoms with Gasteiger partial charge in [0.15, 0.2) is 0 Å². The van der Waals surface area contributed by atoms with Crippen molar-refractivity contribution < 1.29 is 14.6 Å². The molecule has 0 saturated carbocycles. The predicted molar refractivity (Wildman–Crippen MR) is 70.6 cm³/mol. The molecule has 1 aliphatic rings. The lowest BCUT2D eigenvalue weighted by Gasteiger charge is -2.29. The van der Waals surface area contributed by atoms with Gasteiger partial charge in [-0.25, -0.2) is 4.79 Å². The largest absolute Gasteiger partial charge is 0.478 e. The monoisotopic (exact) mass is 269 g/mol. The van der Waals surface area contributed by atoms with E-state index in [1.54, 1.807) is 12.1 Å². The average Bonchev–Trinajstić information content (AvgIpc) is 2.74. The first kappa shape index (κ1) is 13.2.